The number of fused-ring (bicyclic) bond motifs is 1. The standard InChI is InChI=1S/C18H17FN2O4/c19-11-4-6-12(7-5-11)25-9-8-20-17(23)14-10-13-15(21-18(14)24)2-1-3-16(13)22/h4-7,10H,1-3,8-9H2,(H,20,23)(H,21,24). The fraction of sp³-hybridized carbons (Fsp3) is 0.278. The van der Waals surface area contributed by atoms with Crippen molar-refractivity contribution in [2.45, 2.75) is 19.3 Å². The van der Waals surface area contributed by atoms with E-state index in [1.165, 1.54) is 30.3 Å². The Morgan fingerprint density at radius 2 is 1.96 bits per heavy atom. The van der Waals surface area contributed by atoms with Crippen molar-refractivity contribution in [2.75, 3.05) is 13.2 Å². The first kappa shape index (κ1) is 16.9. The van der Waals surface area contributed by atoms with Crippen molar-refractivity contribution in [1.29, 1.82) is 0 Å². The van der Waals surface area contributed by atoms with Gasteiger partial charge in [0.25, 0.3) is 11.5 Å². The largest absolute Gasteiger partial charge is 0.492 e. The zero-order chi connectivity index (χ0) is 17.8. The molecule has 1 aromatic heterocycles. The molecule has 1 aliphatic carbocycles. The molecule has 1 aromatic carbocycles. The van der Waals surface area contributed by atoms with Gasteiger partial charge in [0.15, 0.2) is 5.78 Å². The van der Waals surface area contributed by atoms with Crippen LogP contribution >= 0.6 is 0 Å². The van der Waals surface area contributed by atoms with Crippen LogP contribution in [0.3, 0.4) is 0 Å². The minimum atomic E-state index is -0.565. The zero-order valence-corrected chi connectivity index (χ0v) is 13.4. The Morgan fingerprint density at radius 1 is 1.20 bits per heavy atom. The number of amides is 1. The minimum absolute atomic E-state index is 0.0637. The van der Waals surface area contributed by atoms with Crippen molar-refractivity contribution < 1.29 is 18.7 Å². The van der Waals surface area contributed by atoms with Crippen LogP contribution in [0.1, 0.15) is 39.3 Å². The molecule has 0 unspecified atom stereocenters. The number of carbonyl (C=O) groups excluding carboxylic acids is 2. The number of aryl methyl sites for hydroxylation is 1. The van der Waals surface area contributed by atoms with Gasteiger partial charge in [-0.15, -0.1) is 0 Å². The third-order valence-electron chi connectivity index (χ3n) is 3.97. The Balaban J connectivity index is 1.60. The molecule has 0 bridgehead atoms. The first-order chi connectivity index (χ1) is 12.0. The van der Waals surface area contributed by atoms with E-state index in [9.17, 15) is 18.8 Å². The molecule has 0 saturated heterocycles. The summed E-state index contributed by atoms with van der Waals surface area (Å²) in [7, 11) is 0. The highest BCUT2D eigenvalue weighted by Crippen LogP contribution is 2.18. The summed E-state index contributed by atoms with van der Waals surface area (Å²) in [5.74, 6) is -0.508. The second kappa shape index (κ2) is 7.29. The minimum Gasteiger partial charge on any atom is -0.492 e. The van der Waals surface area contributed by atoms with E-state index in [0.717, 1.165) is 0 Å². The van der Waals surface area contributed by atoms with Crippen LogP contribution in [0.5, 0.6) is 5.75 Å². The molecule has 6 nitrogen and oxygen atoms in total. The molecule has 3 rings (SSSR count). The summed E-state index contributed by atoms with van der Waals surface area (Å²) >= 11 is 0. The maximum absolute atomic E-state index is 12.8. The summed E-state index contributed by atoms with van der Waals surface area (Å²) in [6.45, 7) is 0.333. The van der Waals surface area contributed by atoms with Gasteiger partial charge in [0, 0.05) is 17.7 Å². The van der Waals surface area contributed by atoms with Crippen molar-refractivity contribution in [3.8, 4) is 5.75 Å². The fourth-order valence-electron chi connectivity index (χ4n) is 2.70. The van der Waals surface area contributed by atoms with E-state index >= 15 is 0 Å². The second-order valence-electron chi connectivity index (χ2n) is 5.74. The first-order valence-electron chi connectivity index (χ1n) is 8.00. The monoisotopic (exact) mass is 344 g/mol. The van der Waals surface area contributed by atoms with Gasteiger partial charge in [0.1, 0.15) is 23.7 Å². The number of halogens is 1. The number of pyridine rings is 1. The van der Waals surface area contributed by atoms with Gasteiger partial charge in [0.05, 0.1) is 6.54 Å². The molecular weight excluding hydrogens is 327 g/mol. The second-order valence-corrected chi connectivity index (χ2v) is 5.74. The van der Waals surface area contributed by atoms with E-state index in [1.807, 2.05) is 0 Å². The van der Waals surface area contributed by atoms with E-state index in [-0.39, 0.29) is 30.3 Å². The molecule has 0 atom stereocenters. The molecule has 0 saturated carbocycles. The molecule has 1 heterocycles. The number of Topliss-reactive ketones (excluding diaryl/α,β-unsaturated/α-hetero) is 1. The molecule has 1 aliphatic rings. The molecule has 25 heavy (non-hydrogen) atoms. The van der Waals surface area contributed by atoms with E-state index in [0.29, 0.717) is 36.3 Å². The molecule has 2 N–H and O–H groups in total. The molecule has 1 amide bonds. The molecule has 2 aromatic rings. The number of rotatable bonds is 5. The SMILES string of the molecule is O=C1CCCc2[nH]c(=O)c(C(=O)NCCOc3ccc(F)cc3)cc21. The van der Waals surface area contributed by atoms with Crippen LogP contribution < -0.4 is 15.6 Å². The number of aromatic nitrogens is 1. The number of benzene rings is 1. The lowest BCUT2D eigenvalue weighted by Crippen LogP contribution is -2.34. The fourth-order valence-corrected chi connectivity index (χ4v) is 2.70. The van der Waals surface area contributed by atoms with Crippen LogP contribution in [0, 0.1) is 5.82 Å². The van der Waals surface area contributed by atoms with Crippen molar-refractivity contribution in [3.05, 3.63) is 63.3 Å². The average Bonchev–Trinajstić information content (AvgIpc) is 2.60. The van der Waals surface area contributed by atoms with Gasteiger partial charge in [-0.3, -0.25) is 14.4 Å². The number of H-pyrrole nitrogens is 1. The van der Waals surface area contributed by atoms with Crippen LogP contribution in [0.15, 0.2) is 35.1 Å². The van der Waals surface area contributed by atoms with Gasteiger partial charge in [-0.2, -0.15) is 0 Å². The Hall–Kier alpha value is -2.96. The van der Waals surface area contributed by atoms with Gasteiger partial charge in [-0.05, 0) is 43.2 Å². The number of aromatic amines is 1. The van der Waals surface area contributed by atoms with E-state index in [4.69, 9.17) is 4.74 Å². The van der Waals surface area contributed by atoms with Crippen LogP contribution in [-0.2, 0) is 6.42 Å². The molecule has 0 aliphatic heterocycles. The predicted octanol–water partition coefficient (Wildman–Crippen LogP) is 1.84. The summed E-state index contributed by atoms with van der Waals surface area (Å²) < 4.78 is 18.1. The molecule has 7 heteroatoms. The smallest absolute Gasteiger partial charge is 0.261 e. The number of hydrogen-bond acceptors (Lipinski definition) is 4. The van der Waals surface area contributed by atoms with Gasteiger partial charge in [-0.1, -0.05) is 0 Å². The lowest BCUT2D eigenvalue weighted by Gasteiger charge is -2.15. The maximum Gasteiger partial charge on any atom is 0.261 e. The molecule has 0 spiro atoms. The first-order valence-corrected chi connectivity index (χ1v) is 8.00. The average molecular weight is 344 g/mol. The molecule has 0 radical (unpaired) electrons. The van der Waals surface area contributed by atoms with Crippen molar-refractivity contribution in [2.24, 2.45) is 0 Å². The Bertz CT molecular complexity index is 858. The van der Waals surface area contributed by atoms with Gasteiger partial charge < -0.3 is 15.0 Å². The summed E-state index contributed by atoms with van der Waals surface area (Å²) in [5.41, 5.74) is 0.414. The third kappa shape index (κ3) is 3.93. The van der Waals surface area contributed by atoms with Gasteiger partial charge in [-0.25, -0.2) is 4.39 Å². The van der Waals surface area contributed by atoms with Gasteiger partial charge >= 0.3 is 0 Å². The number of hydrogen-bond donors (Lipinski definition) is 2. The quantitative estimate of drug-likeness (QED) is 0.810. The maximum atomic E-state index is 12.8. The van der Waals surface area contributed by atoms with Crippen molar-refractivity contribution in [1.82, 2.24) is 10.3 Å². The Kier molecular flexibility index (Phi) is 4.92. The number of nitrogens with one attached hydrogen (secondary N) is 2. The normalized spacial score (nSPS) is 13.2. The Labute approximate surface area is 143 Å². The molecule has 0 fully saturated rings. The van der Waals surface area contributed by atoms with E-state index < -0.39 is 11.5 Å². The number of ketones is 1. The zero-order valence-electron chi connectivity index (χ0n) is 13.4. The number of carbonyl (C=O) groups is 2. The lowest BCUT2D eigenvalue weighted by molar-refractivity contribution is 0.0945. The van der Waals surface area contributed by atoms with Crippen molar-refractivity contribution >= 4 is 11.7 Å². The highest BCUT2D eigenvalue weighted by Gasteiger charge is 2.21. The highest BCUT2D eigenvalue weighted by atomic mass is 19.1. The molecule has 130 valence electrons. The van der Waals surface area contributed by atoms with Gasteiger partial charge in [0.2, 0.25) is 0 Å². The van der Waals surface area contributed by atoms with Crippen LogP contribution in [0.2, 0.25) is 0 Å². The predicted molar refractivity (Wildman–Crippen MR) is 88.6 cm³/mol. The summed E-state index contributed by atoms with van der Waals surface area (Å²) in [6, 6.07) is 6.88. The Morgan fingerprint density at radius 3 is 2.72 bits per heavy atom. The number of ether oxygens (including phenoxy) is 1. The van der Waals surface area contributed by atoms with E-state index in [2.05, 4.69) is 10.3 Å². The van der Waals surface area contributed by atoms with Crippen LogP contribution in [0.25, 0.3) is 0 Å². The van der Waals surface area contributed by atoms with Crippen LogP contribution in [0.4, 0.5) is 4.39 Å². The highest BCUT2D eigenvalue weighted by molar-refractivity contribution is 6.01. The summed E-state index contributed by atoms with van der Waals surface area (Å²) in [6.07, 6.45) is 1.75. The summed E-state index contributed by atoms with van der Waals surface area (Å²) in [4.78, 5) is 38.7. The van der Waals surface area contributed by atoms with Crippen LogP contribution in [-0.4, -0.2) is 29.8 Å². The van der Waals surface area contributed by atoms with E-state index in [1.54, 1.807) is 0 Å². The lowest BCUT2D eigenvalue weighted by atomic mass is 9.93. The third-order valence-corrected chi connectivity index (χ3v) is 3.97. The summed E-state index contributed by atoms with van der Waals surface area (Å²) in [5, 5.41) is 2.57. The molecular formula is C18H17FN2O4. The van der Waals surface area contributed by atoms with Crippen molar-refractivity contribution in [3.63, 3.8) is 0 Å². The topological polar surface area (TPSA) is 88.3 Å².